The summed E-state index contributed by atoms with van der Waals surface area (Å²) in [6, 6.07) is 10.5. The predicted molar refractivity (Wildman–Crippen MR) is 104 cm³/mol. The molecule has 3 aromatic rings. The fraction of sp³-hybridized carbons (Fsp3) is 0.211. The monoisotopic (exact) mass is 422 g/mol. The molecule has 0 radical (unpaired) electrons. The molecule has 9 heteroatoms. The zero-order valence-electron chi connectivity index (χ0n) is 14.9. The molecule has 0 aliphatic rings. The Kier molecular flexibility index (Phi) is 6.43. The van der Waals surface area contributed by atoms with Gasteiger partial charge in [-0.2, -0.15) is 4.99 Å². The van der Waals surface area contributed by atoms with Crippen molar-refractivity contribution in [2.75, 3.05) is 13.2 Å². The number of carbonyl (C=O) groups is 2. The highest BCUT2D eigenvalue weighted by molar-refractivity contribution is 7.16. The van der Waals surface area contributed by atoms with E-state index in [2.05, 4.69) is 4.99 Å². The third-order valence-electron chi connectivity index (χ3n) is 3.63. The predicted octanol–water partition coefficient (Wildman–Crippen LogP) is 3.56. The van der Waals surface area contributed by atoms with Gasteiger partial charge < -0.3 is 14.0 Å². The average molecular weight is 423 g/mol. The van der Waals surface area contributed by atoms with E-state index in [0.29, 0.717) is 21.1 Å². The standard InChI is InChI=1S/C19H16ClFN2O4S/c1-2-26-18(25)10-23-15-8-3-12(20)9-16(15)28-19(23)22-17(24)11-27-14-6-4-13(21)5-7-14/h3-9H,2,10-11H2,1H3. The van der Waals surface area contributed by atoms with Gasteiger partial charge in [0.2, 0.25) is 0 Å². The lowest BCUT2D eigenvalue weighted by Crippen LogP contribution is -2.24. The first-order chi connectivity index (χ1) is 13.5. The SMILES string of the molecule is CCOC(=O)Cn1c(=NC(=O)COc2ccc(F)cc2)sc2cc(Cl)ccc21. The first-order valence-corrected chi connectivity index (χ1v) is 9.56. The van der Waals surface area contributed by atoms with Gasteiger partial charge in [0.1, 0.15) is 18.1 Å². The normalized spacial score (nSPS) is 11.6. The lowest BCUT2D eigenvalue weighted by molar-refractivity contribution is -0.143. The molecule has 0 N–H and O–H groups in total. The molecule has 0 unspecified atom stereocenters. The number of fused-ring (bicyclic) bond motifs is 1. The third-order valence-corrected chi connectivity index (χ3v) is 4.91. The van der Waals surface area contributed by atoms with Crippen molar-refractivity contribution in [1.82, 2.24) is 4.57 Å². The zero-order chi connectivity index (χ0) is 20.1. The molecule has 1 heterocycles. The number of benzene rings is 2. The molecule has 1 aromatic heterocycles. The fourth-order valence-electron chi connectivity index (χ4n) is 2.44. The molecule has 0 aliphatic heterocycles. The molecule has 0 saturated heterocycles. The maximum Gasteiger partial charge on any atom is 0.326 e. The lowest BCUT2D eigenvalue weighted by atomic mass is 10.3. The van der Waals surface area contributed by atoms with Crippen molar-refractivity contribution in [2.24, 2.45) is 4.99 Å². The van der Waals surface area contributed by atoms with Crippen LogP contribution in [0.1, 0.15) is 6.92 Å². The van der Waals surface area contributed by atoms with Crippen molar-refractivity contribution in [2.45, 2.75) is 13.5 Å². The number of thiazole rings is 1. The van der Waals surface area contributed by atoms with E-state index in [-0.39, 0.29) is 19.8 Å². The van der Waals surface area contributed by atoms with Crippen LogP contribution in [0, 0.1) is 5.82 Å². The Hall–Kier alpha value is -2.71. The van der Waals surface area contributed by atoms with E-state index in [1.165, 1.54) is 35.6 Å². The van der Waals surface area contributed by atoms with E-state index >= 15 is 0 Å². The molecule has 0 atom stereocenters. The summed E-state index contributed by atoms with van der Waals surface area (Å²) in [4.78, 5) is 28.6. The molecule has 1 amide bonds. The summed E-state index contributed by atoms with van der Waals surface area (Å²) in [6.45, 7) is 1.57. The highest BCUT2D eigenvalue weighted by atomic mass is 35.5. The largest absolute Gasteiger partial charge is 0.484 e. The van der Waals surface area contributed by atoms with Gasteiger partial charge >= 0.3 is 5.97 Å². The first-order valence-electron chi connectivity index (χ1n) is 8.36. The molecule has 0 bridgehead atoms. The molecule has 3 rings (SSSR count). The van der Waals surface area contributed by atoms with Crippen LogP contribution in [0.5, 0.6) is 5.75 Å². The van der Waals surface area contributed by atoms with Crippen molar-refractivity contribution in [3.05, 3.63) is 58.1 Å². The van der Waals surface area contributed by atoms with Gasteiger partial charge in [-0.1, -0.05) is 22.9 Å². The molecule has 0 saturated carbocycles. The van der Waals surface area contributed by atoms with Gasteiger partial charge in [-0.05, 0) is 49.4 Å². The maximum absolute atomic E-state index is 12.9. The number of carbonyl (C=O) groups excluding carboxylic acids is 2. The summed E-state index contributed by atoms with van der Waals surface area (Å²) in [6.07, 6.45) is 0. The summed E-state index contributed by atoms with van der Waals surface area (Å²) in [5.41, 5.74) is 0.716. The summed E-state index contributed by atoms with van der Waals surface area (Å²) in [5, 5.41) is 0.537. The Bertz CT molecular complexity index is 1080. The van der Waals surface area contributed by atoms with Crippen LogP contribution in [0.25, 0.3) is 10.2 Å². The van der Waals surface area contributed by atoms with Crippen LogP contribution in [-0.4, -0.2) is 29.7 Å². The molecule has 0 fully saturated rings. The van der Waals surface area contributed by atoms with E-state index in [9.17, 15) is 14.0 Å². The highest BCUT2D eigenvalue weighted by Gasteiger charge is 2.13. The Morgan fingerprint density at radius 3 is 2.68 bits per heavy atom. The van der Waals surface area contributed by atoms with Crippen molar-refractivity contribution in [3.8, 4) is 5.75 Å². The second-order valence-corrected chi connectivity index (χ2v) is 7.08. The molecular weight excluding hydrogens is 407 g/mol. The zero-order valence-corrected chi connectivity index (χ0v) is 16.4. The van der Waals surface area contributed by atoms with Crippen LogP contribution in [0.3, 0.4) is 0 Å². The second kappa shape index (κ2) is 8.99. The molecule has 2 aromatic carbocycles. The van der Waals surface area contributed by atoms with Crippen LogP contribution < -0.4 is 9.54 Å². The summed E-state index contributed by atoms with van der Waals surface area (Å²) in [7, 11) is 0. The van der Waals surface area contributed by atoms with Crippen LogP contribution in [0.2, 0.25) is 5.02 Å². The minimum atomic E-state index is -0.542. The number of hydrogen-bond acceptors (Lipinski definition) is 5. The van der Waals surface area contributed by atoms with Gasteiger partial charge in [-0.3, -0.25) is 9.59 Å². The number of halogens is 2. The average Bonchev–Trinajstić information content (AvgIpc) is 2.97. The van der Waals surface area contributed by atoms with E-state index in [1.54, 1.807) is 29.7 Å². The molecule has 0 spiro atoms. The minimum absolute atomic E-state index is 0.0829. The van der Waals surface area contributed by atoms with Crippen molar-refractivity contribution in [3.63, 3.8) is 0 Å². The van der Waals surface area contributed by atoms with E-state index in [0.717, 1.165) is 4.70 Å². The van der Waals surface area contributed by atoms with Crippen LogP contribution >= 0.6 is 22.9 Å². The summed E-state index contributed by atoms with van der Waals surface area (Å²) >= 11 is 7.26. The van der Waals surface area contributed by atoms with Crippen LogP contribution in [-0.2, 0) is 20.9 Å². The van der Waals surface area contributed by atoms with Crippen molar-refractivity contribution < 1.29 is 23.5 Å². The number of hydrogen-bond donors (Lipinski definition) is 0. The number of ether oxygens (including phenoxy) is 2. The maximum atomic E-state index is 12.9. The van der Waals surface area contributed by atoms with Gasteiger partial charge in [0.05, 0.1) is 16.8 Å². The van der Waals surface area contributed by atoms with E-state index in [1.807, 2.05) is 0 Å². The second-order valence-electron chi connectivity index (χ2n) is 5.64. The van der Waals surface area contributed by atoms with Gasteiger partial charge in [0, 0.05) is 5.02 Å². The van der Waals surface area contributed by atoms with Crippen LogP contribution in [0.15, 0.2) is 47.5 Å². The van der Waals surface area contributed by atoms with Gasteiger partial charge in [0.25, 0.3) is 5.91 Å². The number of esters is 1. The Morgan fingerprint density at radius 1 is 1.21 bits per heavy atom. The number of amides is 1. The van der Waals surface area contributed by atoms with Crippen molar-refractivity contribution >= 4 is 45.0 Å². The van der Waals surface area contributed by atoms with E-state index in [4.69, 9.17) is 21.1 Å². The molecule has 28 heavy (non-hydrogen) atoms. The third kappa shape index (κ3) is 4.96. The van der Waals surface area contributed by atoms with Gasteiger partial charge in [-0.25, -0.2) is 4.39 Å². The van der Waals surface area contributed by atoms with E-state index < -0.39 is 17.7 Å². The molecule has 0 aliphatic carbocycles. The quantitative estimate of drug-likeness (QED) is 0.569. The fourth-order valence-corrected chi connectivity index (χ4v) is 3.76. The Morgan fingerprint density at radius 2 is 1.96 bits per heavy atom. The number of aromatic nitrogens is 1. The Balaban J connectivity index is 1.87. The van der Waals surface area contributed by atoms with Crippen LogP contribution in [0.4, 0.5) is 4.39 Å². The minimum Gasteiger partial charge on any atom is -0.484 e. The van der Waals surface area contributed by atoms with Gasteiger partial charge in [0.15, 0.2) is 11.4 Å². The molecular formula is C19H16ClFN2O4S. The topological polar surface area (TPSA) is 69.9 Å². The molecule has 146 valence electrons. The lowest BCUT2D eigenvalue weighted by Gasteiger charge is -2.05. The smallest absolute Gasteiger partial charge is 0.326 e. The first kappa shape index (κ1) is 20.0. The number of rotatable bonds is 6. The summed E-state index contributed by atoms with van der Waals surface area (Å²) < 4.78 is 25.6. The number of nitrogens with zero attached hydrogens (tertiary/aromatic N) is 2. The Labute approximate surface area is 168 Å². The highest BCUT2D eigenvalue weighted by Crippen LogP contribution is 2.22. The summed E-state index contributed by atoms with van der Waals surface area (Å²) in [5.74, 6) is -1.02. The van der Waals surface area contributed by atoms with Crippen molar-refractivity contribution in [1.29, 1.82) is 0 Å². The molecule has 6 nitrogen and oxygen atoms in total. The van der Waals surface area contributed by atoms with Gasteiger partial charge in [-0.15, -0.1) is 0 Å².